The highest BCUT2D eigenvalue weighted by Gasteiger charge is 2.83. The van der Waals surface area contributed by atoms with Crippen LogP contribution >= 0.6 is 0 Å². The molecule has 2 saturated heterocycles. The fourth-order valence-corrected chi connectivity index (χ4v) is 3.45. The van der Waals surface area contributed by atoms with Crippen molar-refractivity contribution in [3.63, 3.8) is 0 Å². The molecule has 1 aromatic rings. The number of carbonyl (C=O) groups is 1. The SMILES string of the molecule is COC(=O)c1nccn([C@@H]2O[C@@H]3C(O)[C@@]34OC(C)(C)O[C@@H]24)c1=O. The van der Waals surface area contributed by atoms with Crippen molar-refractivity contribution in [3.05, 3.63) is 28.4 Å². The topological polar surface area (TPSA) is 109 Å². The van der Waals surface area contributed by atoms with Crippen LogP contribution in [-0.4, -0.2) is 57.4 Å². The Labute approximate surface area is 130 Å². The van der Waals surface area contributed by atoms with E-state index in [1.165, 1.54) is 24.1 Å². The first-order valence-electron chi connectivity index (χ1n) is 7.19. The first kappa shape index (κ1) is 14.8. The van der Waals surface area contributed by atoms with Crippen LogP contribution < -0.4 is 5.56 Å². The summed E-state index contributed by atoms with van der Waals surface area (Å²) in [5, 5.41) is 10.1. The molecule has 1 spiro atoms. The Morgan fingerprint density at radius 1 is 1.43 bits per heavy atom. The van der Waals surface area contributed by atoms with Crippen molar-refractivity contribution in [2.45, 2.75) is 49.8 Å². The van der Waals surface area contributed by atoms with E-state index < -0.39 is 47.5 Å². The number of carbonyl (C=O) groups excluding carboxylic acids is 1. The zero-order valence-electron chi connectivity index (χ0n) is 12.8. The lowest BCUT2D eigenvalue weighted by molar-refractivity contribution is -0.184. The van der Waals surface area contributed by atoms with Crippen LogP contribution in [-0.2, 0) is 18.9 Å². The molecule has 0 bridgehead atoms. The lowest BCUT2D eigenvalue weighted by Crippen LogP contribution is -2.40. The number of methoxy groups -OCH3 is 1. The van der Waals surface area contributed by atoms with Gasteiger partial charge in [-0.05, 0) is 13.8 Å². The van der Waals surface area contributed by atoms with Gasteiger partial charge in [0.1, 0.15) is 18.3 Å². The van der Waals surface area contributed by atoms with Crippen molar-refractivity contribution < 1.29 is 28.8 Å². The third-order valence-electron chi connectivity index (χ3n) is 4.43. The average Bonchev–Trinajstić information content (AvgIpc) is 2.80. The van der Waals surface area contributed by atoms with E-state index in [-0.39, 0.29) is 5.69 Å². The number of hydrogen-bond donors (Lipinski definition) is 1. The van der Waals surface area contributed by atoms with E-state index in [1.54, 1.807) is 13.8 Å². The van der Waals surface area contributed by atoms with E-state index in [9.17, 15) is 14.7 Å². The van der Waals surface area contributed by atoms with Gasteiger partial charge in [0.2, 0.25) is 5.69 Å². The van der Waals surface area contributed by atoms with Crippen LogP contribution in [0.4, 0.5) is 0 Å². The largest absolute Gasteiger partial charge is 0.464 e. The Hall–Kier alpha value is -1.81. The minimum Gasteiger partial charge on any atom is -0.464 e. The zero-order chi connectivity index (χ0) is 16.6. The molecule has 0 aromatic carbocycles. The highest BCUT2D eigenvalue weighted by Crippen LogP contribution is 2.62. The molecule has 0 radical (unpaired) electrons. The molecule has 1 saturated carbocycles. The summed E-state index contributed by atoms with van der Waals surface area (Å²) in [7, 11) is 1.17. The number of esters is 1. The van der Waals surface area contributed by atoms with E-state index in [1.807, 2.05) is 0 Å². The summed E-state index contributed by atoms with van der Waals surface area (Å²) in [4.78, 5) is 27.8. The lowest BCUT2D eigenvalue weighted by Gasteiger charge is -2.24. The van der Waals surface area contributed by atoms with Gasteiger partial charge in [-0.3, -0.25) is 9.36 Å². The number of rotatable bonds is 2. The summed E-state index contributed by atoms with van der Waals surface area (Å²) in [6, 6.07) is 0. The molecule has 9 heteroatoms. The molecule has 23 heavy (non-hydrogen) atoms. The highest BCUT2D eigenvalue weighted by atomic mass is 16.8. The maximum absolute atomic E-state index is 12.5. The molecule has 1 unspecified atom stereocenters. The molecule has 124 valence electrons. The van der Waals surface area contributed by atoms with Gasteiger partial charge in [-0.15, -0.1) is 0 Å². The molecule has 3 fully saturated rings. The molecule has 1 aliphatic carbocycles. The van der Waals surface area contributed by atoms with Gasteiger partial charge >= 0.3 is 5.97 Å². The van der Waals surface area contributed by atoms with Crippen LogP contribution in [0.25, 0.3) is 0 Å². The minimum atomic E-state index is -0.970. The first-order chi connectivity index (χ1) is 10.8. The van der Waals surface area contributed by atoms with E-state index >= 15 is 0 Å². The molecule has 3 aliphatic rings. The summed E-state index contributed by atoms with van der Waals surface area (Å²) in [6.45, 7) is 3.46. The molecular formula is C14H16N2O7. The Morgan fingerprint density at radius 3 is 2.87 bits per heavy atom. The van der Waals surface area contributed by atoms with Crippen molar-refractivity contribution in [3.8, 4) is 0 Å². The standard InChI is InChI=1S/C14H16N2O7/c1-13(2)22-9-11(21-8-7(17)14(8,9)23-13)16-5-4-15-6(10(16)18)12(19)20-3/h4-5,7-9,11,17H,1-3H3/t7?,8-,9+,11-,14-/m1/s1. The van der Waals surface area contributed by atoms with Gasteiger partial charge in [0.05, 0.1) is 7.11 Å². The molecule has 9 nitrogen and oxygen atoms in total. The second-order valence-corrected chi connectivity index (χ2v) is 6.27. The molecular weight excluding hydrogens is 308 g/mol. The number of aliphatic hydroxyl groups excluding tert-OH is 1. The van der Waals surface area contributed by atoms with E-state index in [0.717, 1.165) is 0 Å². The first-order valence-corrected chi connectivity index (χ1v) is 7.19. The van der Waals surface area contributed by atoms with E-state index in [4.69, 9.17) is 14.2 Å². The van der Waals surface area contributed by atoms with Crippen LogP contribution in [0, 0.1) is 0 Å². The fraction of sp³-hybridized carbons (Fsp3) is 0.643. The third-order valence-corrected chi connectivity index (χ3v) is 4.43. The van der Waals surface area contributed by atoms with Crippen LogP contribution in [0.15, 0.2) is 17.2 Å². The highest BCUT2D eigenvalue weighted by molar-refractivity contribution is 5.86. The van der Waals surface area contributed by atoms with Crippen molar-refractivity contribution >= 4 is 5.97 Å². The van der Waals surface area contributed by atoms with Crippen LogP contribution in [0.2, 0.25) is 0 Å². The summed E-state index contributed by atoms with van der Waals surface area (Å²) >= 11 is 0. The lowest BCUT2D eigenvalue weighted by atomic mass is 10.1. The number of aromatic nitrogens is 2. The molecule has 4 rings (SSSR count). The molecule has 5 atom stereocenters. The molecule has 1 N–H and O–H groups in total. The van der Waals surface area contributed by atoms with Gasteiger partial charge in [-0.25, -0.2) is 9.78 Å². The number of aliphatic hydroxyl groups is 1. The Balaban J connectivity index is 1.74. The normalized spacial score (nSPS) is 39.7. The summed E-state index contributed by atoms with van der Waals surface area (Å²) < 4.78 is 23.1. The van der Waals surface area contributed by atoms with E-state index in [0.29, 0.717) is 0 Å². The maximum Gasteiger partial charge on any atom is 0.362 e. The molecule has 0 amide bonds. The number of nitrogens with zero attached hydrogens (tertiary/aromatic N) is 2. The second-order valence-electron chi connectivity index (χ2n) is 6.27. The number of hydrogen-bond acceptors (Lipinski definition) is 8. The zero-order valence-corrected chi connectivity index (χ0v) is 12.8. The predicted octanol–water partition coefficient (Wildman–Crippen LogP) is -0.808. The molecule has 1 aromatic heterocycles. The van der Waals surface area contributed by atoms with E-state index in [2.05, 4.69) is 9.72 Å². The number of ether oxygens (including phenoxy) is 4. The smallest absolute Gasteiger partial charge is 0.362 e. The quantitative estimate of drug-likeness (QED) is 0.704. The Morgan fingerprint density at radius 2 is 2.17 bits per heavy atom. The van der Waals surface area contributed by atoms with Crippen LogP contribution in [0.3, 0.4) is 0 Å². The Bertz CT molecular complexity index is 745. The minimum absolute atomic E-state index is 0.341. The van der Waals surface area contributed by atoms with Crippen LogP contribution in [0.5, 0.6) is 0 Å². The summed E-state index contributed by atoms with van der Waals surface area (Å²) in [6.07, 6.45) is -0.138. The van der Waals surface area contributed by atoms with Gasteiger partial charge in [0, 0.05) is 12.4 Å². The summed E-state index contributed by atoms with van der Waals surface area (Å²) in [5.74, 6) is -1.73. The molecule has 3 heterocycles. The van der Waals surface area contributed by atoms with Crippen molar-refractivity contribution in [1.29, 1.82) is 0 Å². The molecule has 2 aliphatic heterocycles. The van der Waals surface area contributed by atoms with Gasteiger partial charge in [-0.1, -0.05) is 0 Å². The van der Waals surface area contributed by atoms with Gasteiger partial charge in [-0.2, -0.15) is 0 Å². The summed E-state index contributed by atoms with van der Waals surface area (Å²) in [5.41, 5.74) is -1.96. The second kappa shape index (κ2) is 4.38. The van der Waals surface area contributed by atoms with Crippen molar-refractivity contribution in [2.75, 3.05) is 7.11 Å². The van der Waals surface area contributed by atoms with Gasteiger partial charge in [0.15, 0.2) is 17.6 Å². The maximum atomic E-state index is 12.5. The Kier molecular flexibility index (Phi) is 2.81. The monoisotopic (exact) mass is 324 g/mol. The third kappa shape index (κ3) is 1.78. The fourth-order valence-electron chi connectivity index (χ4n) is 3.45. The van der Waals surface area contributed by atoms with Crippen molar-refractivity contribution in [2.24, 2.45) is 0 Å². The van der Waals surface area contributed by atoms with Crippen LogP contribution in [0.1, 0.15) is 30.6 Å². The average molecular weight is 324 g/mol. The predicted molar refractivity (Wildman–Crippen MR) is 72.5 cm³/mol. The van der Waals surface area contributed by atoms with Crippen molar-refractivity contribution in [1.82, 2.24) is 9.55 Å². The van der Waals surface area contributed by atoms with Gasteiger partial charge < -0.3 is 24.1 Å². The van der Waals surface area contributed by atoms with Gasteiger partial charge in [0.25, 0.3) is 5.56 Å².